The van der Waals surface area contributed by atoms with Crippen molar-refractivity contribution in [2.24, 2.45) is 0 Å². The first-order valence-corrected chi connectivity index (χ1v) is 5.15. The van der Waals surface area contributed by atoms with Gasteiger partial charge in [0, 0.05) is 0 Å². The molecule has 19 heavy (non-hydrogen) atoms. The van der Waals surface area contributed by atoms with Crippen molar-refractivity contribution in [1.29, 1.82) is 0 Å². The number of aromatic nitrogens is 1. The fraction of sp³-hybridized carbons (Fsp3) is 0.167. The Hall–Kier alpha value is -2.31. The summed E-state index contributed by atoms with van der Waals surface area (Å²) in [7, 11) is 1.09. The van der Waals surface area contributed by atoms with Crippen molar-refractivity contribution in [3.05, 3.63) is 40.9 Å². The summed E-state index contributed by atoms with van der Waals surface area (Å²) in [6.07, 6.45) is 0. The molecule has 0 amide bonds. The molecule has 1 aromatic heterocycles. The Balaban J connectivity index is 2.74. The third kappa shape index (κ3) is 2.07. The molecule has 1 aromatic carbocycles. The maximum Gasteiger partial charge on any atom is 0.343 e. The van der Waals surface area contributed by atoms with Gasteiger partial charge in [-0.05, 0) is 19.1 Å². The molecule has 0 spiro atoms. The highest BCUT2D eigenvalue weighted by Gasteiger charge is 2.27. The van der Waals surface area contributed by atoms with E-state index in [9.17, 15) is 18.0 Å². The van der Waals surface area contributed by atoms with Gasteiger partial charge in [-0.15, -0.1) is 0 Å². The molecule has 0 N–H and O–H groups in total. The SMILES string of the molecule is COC(=O)c1c(-c2c(F)ccc(F)c2F)noc1C. The van der Waals surface area contributed by atoms with E-state index in [-0.39, 0.29) is 11.3 Å². The molecule has 0 radical (unpaired) electrons. The van der Waals surface area contributed by atoms with Crippen LogP contribution in [0.15, 0.2) is 16.7 Å². The number of esters is 1. The number of aryl methyl sites for hydroxylation is 1. The van der Waals surface area contributed by atoms with Gasteiger partial charge >= 0.3 is 5.97 Å². The lowest BCUT2D eigenvalue weighted by atomic mass is 10.0. The first-order chi connectivity index (χ1) is 8.97. The minimum Gasteiger partial charge on any atom is -0.465 e. The van der Waals surface area contributed by atoms with E-state index in [1.807, 2.05) is 0 Å². The quantitative estimate of drug-likeness (QED) is 0.622. The van der Waals surface area contributed by atoms with Crippen LogP contribution in [0.1, 0.15) is 16.1 Å². The molecule has 0 saturated heterocycles. The van der Waals surface area contributed by atoms with Gasteiger partial charge in [0.2, 0.25) is 0 Å². The Bertz CT molecular complexity index is 652. The van der Waals surface area contributed by atoms with Crippen molar-refractivity contribution in [2.45, 2.75) is 6.92 Å². The van der Waals surface area contributed by atoms with Crippen LogP contribution in [0.3, 0.4) is 0 Å². The second-order valence-corrected chi connectivity index (χ2v) is 3.67. The van der Waals surface area contributed by atoms with Gasteiger partial charge in [0.05, 0.1) is 12.7 Å². The molecule has 0 aliphatic rings. The molecule has 0 aliphatic heterocycles. The number of hydrogen-bond donors (Lipinski definition) is 0. The van der Waals surface area contributed by atoms with Crippen LogP contribution in [0.4, 0.5) is 13.2 Å². The second kappa shape index (κ2) is 4.75. The largest absolute Gasteiger partial charge is 0.465 e. The van der Waals surface area contributed by atoms with Crippen LogP contribution in [0.5, 0.6) is 0 Å². The Kier molecular flexibility index (Phi) is 3.28. The highest BCUT2D eigenvalue weighted by molar-refractivity contribution is 5.97. The summed E-state index contributed by atoms with van der Waals surface area (Å²) in [5, 5.41) is 3.40. The van der Waals surface area contributed by atoms with Gasteiger partial charge in [-0.3, -0.25) is 0 Å². The van der Waals surface area contributed by atoms with Gasteiger partial charge in [-0.2, -0.15) is 0 Å². The van der Waals surface area contributed by atoms with Gasteiger partial charge in [-0.25, -0.2) is 18.0 Å². The topological polar surface area (TPSA) is 52.3 Å². The van der Waals surface area contributed by atoms with Crippen molar-refractivity contribution < 1.29 is 27.2 Å². The molecule has 2 aromatic rings. The number of halogens is 3. The van der Waals surface area contributed by atoms with Gasteiger partial charge in [0.25, 0.3) is 0 Å². The van der Waals surface area contributed by atoms with Crippen LogP contribution in [-0.4, -0.2) is 18.2 Å². The number of nitrogens with zero attached hydrogens (tertiary/aromatic N) is 1. The van der Waals surface area contributed by atoms with Crippen LogP contribution in [0.2, 0.25) is 0 Å². The number of ether oxygens (including phenoxy) is 1. The fourth-order valence-corrected chi connectivity index (χ4v) is 1.63. The highest BCUT2D eigenvalue weighted by Crippen LogP contribution is 2.31. The van der Waals surface area contributed by atoms with Crippen molar-refractivity contribution in [3.63, 3.8) is 0 Å². The zero-order valence-corrected chi connectivity index (χ0v) is 9.96. The van der Waals surface area contributed by atoms with Crippen LogP contribution in [0.25, 0.3) is 11.3 Å². The van der Waals surface area contributed by atoms with Crippen molar-refractivity contribution in [3.8, 4) is 11.3 Å². The Morgan fingerprint density at radius 2 is 1.89 bits per heavy atom. The first kappa shape index (κ1) is 13.1. The summed E-state index contributed by atoms with van der Waals surface area (Å²) < 4.78 is 49.6. The van der Waals surface area contributed by atoms with Crippen molar-refractivity contribution in [2.75, 3.05) is 7.11 Å². The Morgan fingerprint density at radius 3 is 2.53 bits per heavy atom. The maximum atomic E-state index is 13.7. The molecule has 100 valence electrons. The number of carbonyl (C=O) groups is 1. The molecule has 4 nitrogen and oxygen atoms in total. The third-order valence-electron chi connectivity index (χ3n) is 2.53. The summed E-state index contributed by atoms with van der Waals surface area (Å²) in [6.45, 7) is 1.37. The maximum absolute atomic E-state index is 13.7. The predicted molar refractivity (Wildman–Crippen MR) is 57.9 cm³/mol. The van der Waals surface area contributed by atoms with Crippen molar-refractivity contribution >= 4 is 5.97 Å². The van der Waals surface area contributed by atoms with Gasteiger partial charge in [0.15, 0.2) is 11.6 Å². The van der Waals surface area contributed by atoms with E-state index in [1.54, 1.807) is 0 Å². The monoisotopic (exact) mass is 271 g/mol. The molecule has 0 saturated carbocycles. The zero-order valence-electron chi connectivity index (χ0n) is 9.96. The van der Waals surface area contributed by atoms with Crippen LogP contribution in [0, 0.1) is 24.4 Å². The van der Waals surface area contributed by atoms with Crippen LogP contribution in [-0.2, 0) is 4.74 Å². The minimum absolute atomic E-state index is 0.0184. The summed E-state index contributed by atoms with van der Waals surface area (Å²) in [4.78, 5) is 11.5. The van der Waals surface area contributed by atoms with Crippen LogP contribution >= 0.6 is 0 Å². The number of hydrogen-bond acceptors (Lipinski definition) is 4. The van der Waals surface area contributed by atoms with E-state index in [4.69, 9.17) is 4.52 Å². The van der Waals surface area contributed by atoms with E-state index in [0.29, 0.717) is 6.07 Å². The normalized spacial score (nSPS) is 10.6. The fourth-order valence-electron chi connectivity index (χ4n) is 1.63. The summed E-state index contributed by atoms with van der Waals surface area (Å²) in [6, 6.07) is 1.37. The minimum atomic E-state index is -1.45. The molecule has 2 rings (SSSR count). The molecule has 7 heteroatoms. The summed E-state index contributed by atoms with van der Waals surface area (Å²) in [5.41, 5.74) is -1.44. The highest BCUT2D eigenvalue weighted by atomic mass is 19.2. The number of methoxy groups -OCH3 is 1. The molecule has 0 bridgehead atoms. The molecule has 0 atom stereocenters. The van der Waals surface area contributed by atoms with E-state index in [2.05, 4.69) is 9.89 Å². The predicted octanol–water partition coefficient (Wildman–Crippen LogP) is 2.85. The third-order valence-corrected chi connectivity index (χ3v) is 2.53. The lowest BCUT2D eigenvalue weighted by Crippen LogP contribution is -2.05. The van der Waals surface area contributed by atoms with Crippen LogP contribution < -0.4 is 0 Å². The first-order valence-electron chi connectivity index (χ1n) is 5.15. The smallest absolute Gasteiger partial charge is 0.343 e. The lowest BCUT2D eigenvalue weighted by Gasteiger charge is -2.04. The molecule has 1 heterocycles. The number of benzene rings is 1. The van der Waals surface area contributed by atoms with Gasteiger partial charge < -0.3 is 9.26 Å². The molecule has 0 fully saturated rings. The van der Waals surface area contributed by atoms with E-state index in [0.717, 1.165) is 13.2 Å². The molecular formula is C12H8F3NO3. The standard InChI is InChI=1S/C12H8F3NO3/c1-5-8(12(17)18-2)11(16-19-5)9-6(13)3-4-7(14)10(9)15/h3-4H,1-2H3. The number of rotatable bonds is 2. The van der Waals surface area contributed by atoms with Gasteiger partial charge in [-0.1, -0.05) is 5.16 Å². The summed E-state index contributed by atoms with van der Waals surface area (Å²) in [5.74, 6) is -4.62. The van der Waals surface area contributed by atoms with Crippen molar-refractivity contribution in [1.82, 2.24) is 5.16 Å². The molecular weight excluding hydrogens is 263 g/mol. The van der Waals surface area contributed by atoms with Gasteiger partial charge in [0.1, 0.15) is 22.8 Å². The Morgan fingerprint density at radius 1 is 1.26 bits per heavy atom. The summed E-state index contributed by atoms with van der Waals surface area (Å²) >= 11 is 0. The van der Waals surface area contributed by atoms with E-state index >= 15 is 0 Å². The van der Waals surface area contributed by atoms with E-state index < -0.39 is 34.7 Å². The van der Waals surface area contributed by atoms with E-state index in [1.165, 1.54) is 6.92 Å². The molecule has 0 unspecified atom stereocenters. The lowest BCUT2D eigenvalue weighted by molar-refractivity contribution is 0.0599. The second-order valence-electron chi connectivity index (χ2n) is 3.67. The molecule has 0 aliphatic carbocycles. The average molecular weight is 271 g/mol. The zero-order chi connectivity index (χ0) is 14.2. The average Bonchev–Trinajstić information content (AvgIpc) is 2.75. The number of carbonyl (C=O) groups excluding carboxylic acids is 1. The Labute approximate surface area is 105 Å².